The summed E-state index contributed by atoms with van der Waals surface area (Å²) < 4.78 is 1.53. The highest BCUT2D eigenvalue weighted by atomic mass is 16.2. The molecule has 0 aliphatic rings. The molecule has 0 saturated heterocycles. The molecule has 2 aromatic rings. The number of rotatable bonds is 7. The fourth-order valence-electron chi connectivity index (χ4n) is 1.93. The van der Waals surface area contributed by atoms with Crippen molar-refractivity contribution in [2.45, 2.75) is 19.4 Å². The number of nitrogens with zero attached hydrogens (tertiary/aromatic N) is 3. The second kappa shape index (κ2) is 7.51. The van der Waals surface area contributed by atoms with Gasteiger partial charge in [0.05, 0.1) is 12.7 Å². The Bertz CT molecular complexity index is 597. The summed E-state index contributed by atoms with van der Waals surface area (Å²) in [7, 11) is 0. The van der Waals surface area contributed by atoms with Crippen LogP contribution in [0.5, 0.6) is 0 Å². The Balaban J connectivity index is 2.01. The SMILES string of the molecule is NCCn1cc(C(=O)Nc2cccc(CCCO)c2)nn1. The maximum absolute atomic E-state index is 12.1. The first-order valence-corrected chi connectivity index (χ1v) is 6.84. The van der Waals surface area contributed by atoms with Crippen molar-refractivity contribution in [3.05, 3.63) is 41.7 Å². The topological polar surface area (TPSA) is 106 Å². The maximum Gasteiger partial charge on any atom is 0.277 e. The largest absolute Gasteiger partial charge is 0.396 e. The summed E-state index contributed by atoms with van der Waals surface area (Å²) >= 11 is 0. The van der Waals surface area contributed by atoms with Gasteiger partial charge in [-0.25, -0.2) is 0 Å². The smallest absolute Gasteiger partial charge is 0.277 e. The van der Waals surface area contributed by atoms with Crippen molar-refractivity contribution in [3.8, 4) is 0 Å². The molecule has 2 rings (SSSR count). The quantitative estimate of drug-likeness (QED) is 0.684. The molecular weight excluding hydrogens is 270 g/mol. The molecule has 1 heterocycles. The van der Waals surface area contributed by atoms with Crippen molar-refractivity contribution < 1.29 is 9.90 Å². The Labute approximate surface area is 122 Å². The van der Waals surface area contributed by atoms with E-state index in [0.717, 1.165) is 12.0 Å². The summed E-state index contributed by atoms with van der Waals surface area (Å²) in [6.45, 7) is 1.12. The van der Waals surface area contributed by atoms with Crippen molar-refractivity contribution in [1.29, 1.82) is 0 Å². The molecule has 0 spiro atoms. The van der Waals surface area contributed by atoms with E-state index in [1.54, 1.807) is 6.20 Å². The molecule has 7 nitrogen and oxygen atoms in total. The second-order valence-corrected chi connectivity index (χ2v) is 4.64. The number of nitrogens with one attached hydrogen (secondary N) is 1. The zero-order valence-corrected chi connectivity index (χ0v) is 11.7. The lowest BCUT2D eigenvalue weighted by Gasteiger charge is -2.05. The van der Waals surface area contributed by atoms with Gasteiger partial charge in [0.1, 0.15) is 0 Å². The van der Waals surface area contributed by atoms with Crippen LogP contribution in [0, 0.1) is 0 Å². The summed E-state index contributed by atoms with van der Waals surface area (Å²) in [6.07, 6.45) is 3.04. The number of aliphatic hydroxyl groups excluding tert-OH is 1. The van der Waals surface area contributed by atoms with Gasteiger partial charge in [-0.1, -0.05) is 17.3 Å². The van der Waals surface area contributed by atoms with Crippen LogP contribution in [0.3, 0.4) is 0 Å². The first-order chi connectivity index (χ1) is 10.2. The van der Waals surface area contributed by atoms with Crippen LogP contribution in [0.4, 0.5) is 5.69 Å². The van der Waals surface area contributed by atoms with Gasteiger partial charge < -0.3 is 16.2 Å². The lowest BCUT2D eigenvalue weighted by Crippen LogP contribution is -2.13. The molecule has 4 N–H and O–H groups in total. The van der Waals surface area contributed by atoms with E-state index in [1.807, 2.05) is 24.3 Å². The van der Waals surface area contributed by atoms with Gasteiger partial charge in [0.25, 0.3) is 5.91 Å². The van der Waals surface area contributed by atoms with Crippen LogP contribution in [-0.2, 0) is 13.0 Å². The van der Waals surface area contributed by atoms with Gasteiger partial charge in [-0.15, -0.1) is 5.10 Å². The molecule has 0 radical (unpaired) electrons. The van der Waals surface area contributed by atoms with Crippen LogP contribution < -0.4 is 11.1 Å². The standard InChI is InChI=1S/C14H19N5O2/c15-6-7-19-10-13(17-18-19)14(21)16-12-5-1-3-11(9-12)4-2-8-20/h1,3,5,9-10,20H,2,4,6-8,15H2,(H,16,21). The van der Waals surface area contributed by atoms with E-state index in [2.05, 4.69) is 15.6 Å². The minimum absolute atomic E-state index is 0.154. The minimum atomic E-state index is -0.308. The van der Waals surface area contributed by atoms with E-state index < -0.39 is 0 Å². The molecule has 0 bridgehead atoms. The number of benzene rings is 1. The summed E-state index contributed by atoms with van der Waals surface area (Å²) in [4.78, 5) is 12.1. The van der Waals surface area contributed by atoms with Crippen molar-refractivity contribution in [2.75, 3.05) is 18.5 Å². The van der Waals surface area contributed by atoms with Gasteiger partial charge in [0.15, 0.2) is 5.69 Å². The van der Waals surface area contributed by atoms with Gasteiger partial charge in [0, 0.05) is 18.8 Å². The summed E-state index contributed by atoms with van der Waals surface area (Å²) in [6, 6.07) is 7.53. The number of carbonyl (C=O) groups excluding carboxylic acids is 1. The van der Waals surface area contributed by atoms with E-state index in [4.69, 9.17) is 10.8 Å². The lowest BCUT2D eigenvalue weighted by molar-refractivity contribution is 0.102. The molecule has 0 unspecified atom stereocenters. The van der Waals surface area contributed by atoms with Crippen molar-refractivity contribution in [1.82, 2.24) is 15.0 Å². The average molecular weight is 289 g/mol. The van der Waals surface area contributed by atoms with Crippen molar-refractivity contribution in [2.24, 2.45) is 5.73 Å². The van der Waals surface area contributed by atoms with Crippen LogP contribution in [0.25, 0.3) is 0 Å². The fraction of sp³-hybridized carbons (Fsp3) is 0.357. The zero-order chi connectivity index (χ0) is 15.1. The number of hydrogen-bond acceptors (Lipinski definition) is 5. The molecule has 7 heteroatoms. The lowest BCUT2D eigenvalue weighted by atomic mass is 10.1. The monoisotopic (exact) mass is 289 g/mol. The summed E-state index contributed by atoms with van der Waals surface area (Å²) in [5.41, 5.74) is 7.43. The molecule has 21 heavy (non-hydrogen) atoms. The number of aromatic nitrogens is 3. The number of aliphatic hydroxyl groups is 1. The Morgan fingerprint density at radius 2 is 2.29 bits per heavy atom. The Hall–Kier alpha value is -2.25. The molecule has 0 fully saturated rings. The first-order valence-electron chi connectivity index (χ1n) is 6.84. The van der Waals surface area contributed by atoms with E-state index >= 15 is 0 Å². The van der Waals surface area contributed by atoms with Gasteiger partial charge >= 0.3 is 0 Å². The first kappa shape index (κ1) is 15.1. The molecular formula is C14H19N5O2. The third kappa shape index (κ3) is 4.37. The van der Waals surface area contributed by atoms with Crippen LogP contribution in [0.2, 0.25) is 0 Å². The highest BCUT2D eigenvalue weighted by Gasteiger charge is 2.11. The van der Waals surface area contributed by atoms with E-state index in [-0.39, 0.29) is 18.2 Å². The molecule has 1 amide bonds. The Morgan fingerprint density at radius 3 is 3.05 bits per heavy atom. The van der Waals surface area contributed by atoms with Gasteiger partial charge in [0.2, 0.25) is 0 Å². The molecule has 112 valence electrons. The number of anilines is 1. The van der Waals surface area contributed by atoms with Crippen molar-refractivity contribution >= 4 is 11.6 Å². The van der Waals surface area contributed by atoms with Gasteiger partial charge in [-0.05, 0) is 30.5 Å². The molecule has 1 aromatic heterocycles. The predicted octanol–water partition coefficient (Wildman–Crippen LogP) is 0.414. The fourth-order valence-corrected chi connectivity index (χ4v) is 1.93. The zero-order valence-electron chi connectivity index (χ0n) is 11.7. The number of hydrogen-bond donors (Lipinski definition) is 3. The molecule has 0 saturated carbocycles. The maximum atomic E-state index is 12.1. The number of nitrogens with two attached hydrogens (primary N) is 1. The molecule has 1 aromatic carbocycles. The molecule has 0 atom stereocenters. The van der Waals surface area contributed by atoms with E-state index in [1.165, 1.54) is 4.68 Å². The normalized spacial score (nSPS) is 10.6. The van der Waals surface area contributed by atoms with Gasteiger partial charge in [-0.2, -0.15) is 0 Å². The van der Waals surface area contributed by atoms with Crippen molar-refractivity contribution in [3.63, 3.8) is 0 Å². The second-order valence-electron chi connectivity index (χ2n) is 4.64. The Kier molecular flexibility index (Phi) is 5.42. The third-order valence-electron chi connectivity index (χ3n) is 2.94. The number of amides is 1. The number of aryl methyl sites for hydroxylation is 1. The van der Waals surface area contributed by atoms with E-state index in [0.29, 0.717) is 25.2 Å². The highest BCUT2D eigenvalue weighted by Crippen LogP contribution is 2.13. The van der Waals surface area contributed by atoms with Crippen LogP contribution >= 0.6 is 0 Å². The third-order valence-corrected chi connectivity index (χ3v) is 2.94. The van der Waals surface area contributed by atoms with Gasteiger partial charge in [-0.3, -0.25) is 9.48 Å². The summed E-state index contributed by atoms with van der Waals surface area (Å²) in [5, 5.41) is 19.3. The van der Waals surface area contributed by atoms with E-state index in [9.17, 15) is 4.79 Å². The van der Waals surface area contributed by atoms with Crippen LogP contribution in [0.15, 0.2) is 30.5 Å². The Morgan fingerprint density at radius 1 is 1.43 bits per heavy atom. The minimum Gasteiger partial charge on any atom is -0.396 e. The highest BCUT2D eigenvalue weighted by molar-refractivity contribution is 6.02. The number of carbonyl (C=O) groups is 1. The van der Waals surface area contributed by atoms with Crippen LogP contribution in [0.1, 0.15) is 22.5 Å². The average Bonchev–Trinajstić information content (AvgIpc) is 2.95. The predicted molar refractivity (Wildman–Crippen MR) is 78.9 cm³/mol. The van der Waals surface area contributed by atoms with Crippen LogP contribution in [-0.4, -0.2) is 39.2 Å². The summed E-state index contributed by atoms with van der Waals surface area (Å²) in [5.74, 6) is -0.308. The molecule has 0 aliphatic carbocycles. The molecule has 0 aliphatic heterocycles.